The van der Waals surface area contributed by atoms with Gasteiger partial charge in [-0.2, -0.15) is 0 Å². The minimum atomic E-state index is -0.633. The van der Waals surface area contributed by atoms with Gasteiger partial charge in [0.15, 0.2) is 5.82 Å². The Morgan fingerprint density at radius 1 is 1.44 bits per heavy atom. The minimum Gasteiger partial charge on any atom is -0.399 e. The van der Waals surface area contributed by atoms with Crippen molar-refractivity contribution in [2.45, 2.75) is 24.4 Å². The number of rotatable bonds is 3. The van der Waals surface area contributed by atoms with Crippen molar-refractivity contribution >= 4 is 5.69 Å². The summed E-state index contributed by atoms with van der Waals surface area (Å²) in [5, 5.41) is 18.4. The van der Waals surface area contributed by atoms with Crippen molar-refractivity contribution in [2.24, 2.45) is 7.05 Å². The van der Waals surface area contributed by atoms with Crippen LogP contribution < -0.4 is 5.73 Å². The van der Waals surface area contributed by atoms with E-state index in [4.69, 9.17) is 5.73 Å². The number of aromatic nitrogens is 3. The number of aliphatic hydroxyl groups excluding tert-OH is 1. The maximum atomic E-state index is 10.6. The summed E-state index contributed by atoms with van der Waals surface area (Å²) in [7, 11) is 1.84. The molecular formula is C13H16N4O. The molecule has 5 heteroatoms. The van der Waals surface area contributed by atoms with E-state index < -0.39 is 6.10 Å². The Kier molecular flexibility index (Phi) is 2.38. The van der Waals surface area contributed by atoms with E-state index in [1.54, 1.807) is 10.9 Å². The molecule has 0 radical (unpaired) electrons. The summed E-state index contributed by atoms with van der Waals surface area (Å²) >= 11 is 0. The number of nitrogens with two attached hydrogens (primary N) is 1. The van der Waals surface area contributed by atoms with E-state index in [9.17, 15) is 5.11 Å². The van der Waals surface area contributed by atoms with E-state index in [1.807, 2.05) is 31.3 Å². The molecule has 1 fully saturated rings. The van der Waals surface area contributed by atoms with Gasteiger partial charge >= 0.3 is 0 Å². The summed E-state index contributed by atoms with van der Waals surface area (Å²) in [4.78, 5) is 0. The van der Waals surface area contributed by atoms with Crippen LogP contribution in [-0.2, 0) is 12.5 Å². The molecule has 0 bridgehead atoms. The van der Waals surface area contributed by atoms with Gasteiger partial charge in [-0.1, -0.05) is 12.1 Å². The zero-order chi connectivity index (χ0) is 12.8. The Balaban J connectivity index is 1.99. The number of hydrogen-bond donors (Lipinski definition) is 2. The molecule has 0 aliphatic heterocycles. The maximum absolute atomic E-state index is 10.6. The van der Waals surface area contributed by atoms with Gasteiger partial charge in [0.1, 0.15) is 12.4 Å². The third kappa shape index (κ3) is 1.59. The van der Waals surface area contributed by atoms with Gasteiger partial charge in [0.05, 0.1) is 0 Å². The van der Waals surface area contributed by atoms with Gasteiger partial charge in [0.25, 0.3) is 0 Å². The standard InChI is InChI=1S/C13H16N4O/c1-17-8-15-16-12(17)11(18)13(5-6-13)9-3-2-4-10(14)7-9/h2-4,7-8,11,18H,5-6,14H2,1H3. The minimum absolute atomic E-state index is 0.240. The molecule has 1 atom stereocenters. The average Bonchev–Trinajstić information content (AvgIpc) is 3.06. The Hall–Kier alpha value is -1.88. The van der Waals surface area contributed by atoms with Crippen LogP contribution in [0.1, 0.15) is 30.3 Å². The van der Waals surface area contributed by atoms with Crippen LogP contribution in [0.15, 0.2) is 30.6 Å². The zero-order valence-corrected chi connectivity index (χ0v) is 10.2. The summed E-state index contributed by atoms with van der Waals surface area (Å²) in [5.74, 6) is 0.606. The van der Waals surface area contributed by atoms with E-state index >= 15 is 0 Å². The quantitative estimate of drug-likeness (QED) is 0.794. The molecule has 0 amide bonds. The second-order valence-corrected chi connectivity index (χ2v) is 4.98. The Morgan fingerprint density at radius 2 is 2.22 bits per heavy atom. The molecule has 0 saturated heterocycles. The Bertz CT molecular complexity index is 574. The molecule has 1 aliphatic rings. The SMILES string of the molecule is Cn1cnnc1C(O)C1(c2cccc(N)c2)CC1. The number of nitrogen functional groups attached to an aromatic ring is 1. The number of benzene rings is 1. The van der Waals surface area contributed by atoms with Crippen molar-refractivity contribution in [1.82, 2.24) is 14.8 Å². The molecule has 1 saturated carbocycles. The molecule has 1 unspecified atom stereocenters. The molecular weight excluding hydrogens is 228 g/mol. The smallest absolute Gasteiger partial charge is 0.162 e. The van der Waals surface area contributed by atoms with Crippen LogP contribution in [0, 0.1) is 0 Å². The van der Waals surface area contributed by atoms with Gasteiger partial charge < -0.3 is 15.4 Å². The van der Waals surface area contributed by atoms with Gasteiger partial charge in [-0.25, -0.2) is 0 Å². The number of anilines is 1. The molecule has 3 rings (SSSR count). The zero-order valence-electron chi connectivity index (χ0n) is 10.2. The molecule has 1 aliphatic carbocycles. The summed E-state index contributed by atoms with van der Waals surface area (Å²) in [5.41, 5.74) is 7.38. The fourth-order valence-corrected chi connectivity index (χ4v) is 2.49. The predicted octanol–water partition coefficient (Wildman–Crippen LogP) is 1.16. The first-order valence-corrected chi connectivity index (χ1v) is 6.01. The van der Waals surface area contributed by atoms with Crippen molar-refractivity contribution < 1.29 is 5.11 Å². The summed E-state index contributed by atoms with van der Waals surface area (Å²) in [6.45, 7) is 0. The molecule has 1 aromatic heterocycles. The molecule has 1 aromatic carbocycles. The summed E-state index contributed by atoms with van der Waals surface area (Å²) < 4.78 is 1.76. The maximum Gasteiger partial charge on any atom is 0.162 e. The van der Waals surface area contributed by atoms with Gasteiger partial charge in [-0.3, -0.25) is 0 Å². The number of nitrogens with zero attached hydrogens (tertiary/aromatic N) is 3. The number of hydrogen-bond acceptors (Lipinski definition) is 4. The molecule has 1 heterocycles. The lowest BCUT2D eigenvalue weighted by atomic mass is 9.89. The molecule has 2 aromatic rings. The van der Waals surface area contributed by atoms with Gasteiger partial charge in [-0.15, -0.1) is 10.2 Å². The van der Waals surface area contributed by atoms with Crippen LogP contribution >= 0.6 is 0 Å². The van der Waals surface area contributed by atoms with E-state index in [0.717, 1.165) is 24.1 Å². The van der Waals surface area contributed by atoms with E-state index in [1.165, 1.54) is 0 Å². The molecule has 5 nitrogen and oxygen atoms in total. The number of aliphatic hydroxyl groups is 1. The fourth-order valence-electron chi connectivity index (χ4n) is 2.49. The molecule has 3 N–H and O–H groups in total. The van der Waals surface area contributed by atoms with Gasteiger partial charge in [-0.05, 0) is 30.5 Å². The van der Waals surface area contributed by atoms with Crippen molar-refractivity contribution in [3.63, 3.8) is 0 Å². The van der Waals surface area contributed by atoms with E-state index in [-0.39, 0.29) is 5.41 Å². The van der Waals surface area contributed by atoms with Crippen molar-refractivity contribution in [1.29, 1.82) is 0 Å². The van der Waals surface area contributed by atoms with Crippen molar-refractivity contribution in [3.05, 3.63) is 42.0 Å². The topological polar surface area (TPSA) is 77.0 Å². The largest absolute Gasteiger partial charge is 0.399 e. The van der Waals surface area contributed by atoms with Crippen LogP contribution in [0.25, 0.3) is 0 Å². The van der Waals surface area contributed by atoms with Crippen LogP contribution in [-0.4, -0.2) is 19.9 Å². The predicted molar refractivity (Wildman–Crippen MR) is 67.7 cm³/mol. The third-order valence-electron chi connectivity index (χ3n) is 3.76. The fraction of sp³-hybridized carbons (Fsp3) is 0.385. The van der Waals surface area contributed by atoms with Crippen molar-refractivity contribution in [3.8, 4) is 0 Å². The third-order valence-corrected chi connectivity index (χ3v) is 3.76. The molecule has 0 spiro atoms. The van der Waals surface area contributed by atoms with Gasteiger partial charge in [0, 0.05) is 18.2 Å². The second kappa shape index (κ2) is 3.81. The van der Waals surface area contributed by atoms with Crippen LogP contribution in [0.4, 0.5) is 5.69 Å². The highest BCUT2D eigenvalue weighted by Gasteiger charge is 2.52. The first-order valence-electron chi connectivity index (χ1n) is 6.01. The van der Waals surface area contributed by atoms with E-state index in [2.05, 4.69) is 10.2 Å². The molecule has 94 valence electrons. The normalized spacial score (nSPS) is 18.6. The van der Waals surface area contributed by atoms with Crippen LogP contribution in [0.2, 0.25) is 0 Å². The first-order chi connectivity index (χ1) is 8.63. The lowest BCUT2D eigenvalue weighted by Crippen LogP contribution is -2.21. The highest BCUT2D eigenvalue weighted by molar-refractivity contribution is 5.46. The van der Waals surface area contributed by atoms with E-state index in [0.29, 0.717) is 5.82 Å². The summed E-state index contributed by atoms with van der Waals surface area (Å²) in [6, 6.07) is 7.73. The lowest BCUT2D eigenvalue weighted by Gasteiger charge is -2.22. The second-order valence-electron chi connectivity index (χ2n) is 4.98. The Morgan fingerprint density at radius 3 is 2.78 bits per heavy atom. The van der Waals surface area contributed by atoms with Gasteiger partial charge in [0.2, 0.25) is 0 Å². The first kappa shape index (κ1) is 11.2. The molecule has 18 heavy (non-hydrogen) atoms. The monoisotopic (exact) mass is 244 g/mol. The number of aryl methyl sites for hydroxylation is 1. The Labute approximate surface area is 105 Å². The van der Waals surface area contributed by atoms with Crippen LogP contribution in [0.3, 0.4) is 0 Å². The van der Waals surface area contributed by atoms with Crippen LogP contribution in [0.5, 0.6) is 0 Å². The average molecular weight is 244 g/mol. The highest BCUT2D eigenvalue weighted by atomic mass is 16.3. The lowest BCUT2D eigenvalue weighted by molar-refractivity contribution is 0.120. The summed E-state index contributed by atoms with van der Waals surface area (Å²) in [6.07, 6.45) is 2.87. The highest BCUT2D eigenvalue weighted by Crippen LogP contribution is 2.56. The van der Waals surface area contributed by atoms with Crippen molar-refractivity contribution in [2.75, 3.05) is 5.73 Å².